The molecular weight excluding hydrogens is 555 g/mol. The molecule has 0 radical (unpaired) electrons. The van der Waals surface area contributed by atoms with E-state index in [9.17, 15) is 0 Å². The molecule has 0 aromatic heterocycles. The molecule has 1 heteroatoms. The molecule has 2 aromatic carbocycles. The lowest BCUT2D eigenvalue weighted by Crippen LogP contribution is -2.32. The smallest absolute Gasteiger partial charge is 0.0154 e. The first-order chi connectivity index (χ1) is 22.1. The molecule has 0 aliphatic carbocycles. The van der Waals surface area contributed by atoms with Gasteiger partial charge in [-0.15, -0.1) is 0 Å². The predicted molar refractivity (Wildman–Crippen MR) is 207 cm³/mol. The highest BCUT2D eigenvalue weighted by molar-refractivity contribution is 5.39. The van der Waals surface area contributed by atoms with E-state index < -0.39 is 0 Å². The number of nitrogens with zero attached hydrogens (tertiary/aromatic N) is 1. The summed E-state index contributed by atoms with van der Waals surface area (Å²) in [5.74, 6) is 0.685. The van der Waals surface area contributed by atoms with Gasteiger partial charge in [-0.2, -0.15) is 0 Å². The molecule has 0 N–H and O–H groups in total. The predicted octanol–water partition coefficient (Wildman–Crippen LogP) is 13.0. The number of hydrogen-bond donors (Lipinski definition) is 0. The third kappa shape index (κ3) is 12.2. The van der Waals surface area contributed by atoms with Gasteiger partial charge >= 0.3 is 0 Å². The van der Waals surface area contributed by atoms with Gasteiger partial charge in [0, 0.05) is 11.8 Å². The molecule has 0 spiro atoms. The molecule has 3 atom stereocenters. The van der Waals surface area contributed by atoms with E-state index in [1.54, 1.807) is 0 Å². The molecule has 0 amide bonds. The Labute approximate surface area is 284 Å². The van der Waals surface area contributed by atoms with Crippen LogP contribution in [-0.2, 0) is 0 Å². The first-order valence-corrected chi connectivity index (χ1v) is 17.9. The summed E-state index contributed by atoms with van der Waals surface area (Å²) in [7, 11) is 0. The van der Waals surface area contributed by atoms with Crippen LogP contribution in [0.1, 0.15) is 114 Å². The highest BCUT2D eigenvalue weighted by Gasteiger charge is 2.38. The van der Waals surface area contributed by atoms with E-state index in [2.05, 4.69) is 127 Å². The van der Waals surface area contributed by atoms with E-state index in [0.29, 0.717) is 0 Å². The van der Waals surface area contributed by atoms with Crippen molar-refractivity contribution in [1.29, 1.82) is 0 Å². The molecule has 0 aliphatic rings. The average molecular weight is 620 g/mol. The molecule has 0 fully saturated rings. The summed E-state index contributed by atoms with van der Waals surface area (Å²) in [5, 5.41) is 0. The number of benzene rings is 2. The summed E-state index contributed by atoms with van der Waals surface area (Å²) >= 11 is 0. The Morgan fingerprint density at radius 1 is 0.826 bits per heavy atom. The molecule has 1 nitrogen and oxygen atoms in total. The van der Waals surface area contributed by atoms with Crippen LogP contribution in [0.2, 0.25) is 0 Å². The third-order valence-electron chi connectivity index (χ3n) is 9.89. The minimum absolute atomic E-state index is 0.0462. The fraction of sp³-hybridized carbons (Fsp3) is 0.467. The second-order valence-electron chi connectivity index (χ2n) is 13.9. The van der Waals surface area contributed by atoms with Crippen LogP contribution in [0.5, 0.6) is 0 Å². The fourth-order valence-electron chi connectivity index (χ4n) is 7.30. The lowest BCUT2D eigenvalue weighted by Gasteiger charge is -2.42. The second kappa shape index (κ2) is 20.9. The molecule has 2 aromatic rings. The number of aryl methyl sites for hydroxylation is 1. The van der Waals surface area contributed by atoms with Crippen LogP contribution in [0.3, 0.4) is 0 Å². The summed E-state index contributed by atoms with van der Waals surface area (Å²) in [6.07, 6.45) is 18.5. The van der Waals surface area contributed by atoms with Gasteiger partial charge in [0.2, 0.25) is 0 Å². The van der Waals surface area contributed by atoms with Crippen LogP contribution in [0.4, 0.5) is 0 Å². The standard InChI is InChI=1S/C45H65N/c1-11-16-21-33-46(15-5)34-22-20-32-45(9,10)44(43(37(7)13-3)41-30-23-26-36(6)35-41)38(8)27-24-31-42(39(14-4)25-12-2)40-28-18-17-19-29-40/h12-14,17-19,23,25-26,28-30,35,42-44H,2-4,7-8,11,15-16,20-22,24,27,31-34H2,1,5-6,9-10H3/b39-25+. The number of hydrogen-bond acceptors (Lipinski definition) is 1. The highest BCUT2D eigenvalue weighted by atomic mass is 15.1. The SMILES string of the molecule is C=C/C=C(\C=C)C(CCCC(=C)C(C(C(=C)C=C)c1cccc(C)c1)C(C)(C)CCCCN(CC)CCCCC)c1ccccc1. The van der Waals surface area contributed by atoms with Crippen LogP contribution in [-0.4, -0.2) is 24.5 Å². The molecule has 2 rings (SSSR count). The van der Waals surface area contributed by atoms with Crippen LogP contribution < -0.4 is 0 Å². The molecule has 0 bridgehead atoms. The normalized spacial score (nSPS) is 14.0. The maximum atomic E-state index is 4.85. The zero-order valence-corrected chi connectivity index (χ0v) is 30.2. The van der Waals surface area contributed by atoms with Gasteiger partial charge in [-0.3, -0.25) is 0 Å². The summed E-state index contributed by atoms with van der Waals surface area (Å²) in [6.45, 7) is 37.0. The van der Waals surface area contributed by atoms with Crippen molar-refractivity contribution >= 4 is 0 Å². The lowest BCUT2D eigenvalue weighted by molar-refractivity contribution is 0.190. The van der Waals surface area contributed by atoms with Crippen molar-refractivity contribution in [3.63, 3.8) is 0 Å². The molecule has 0 aliphatic heterocycles. The Morgan fingerprint density at radius 2 is 1.50 bits per heavy atom. The van der Waals surface area contributed by atoms with Crippen LogP contribution in [0.15, 0.2) is 129 Å². The molecule has 0 heterocycles. The second-order valence-corrected chi connectivity index (χ2v) is 13.9. The van der Waals surface area contributed by atoms with Gasteiger partial charge in [-0.25, -0.2) is 0 Å². The van der Waals surface area contributed by atoms with Crippen LogP contribution in [0, 0.1) is 18.3 Å². The Hall–Kier alpha value is -3.16. The van der Waals surface area contributed by atoms with E-state index in [1.807, 2.05) is 18.2 Å². The number of unbranched alkanes of at least 4 members (excludes halogenated alkanes) is 3. The molecule has 46 heavy (non-hydrogen) atoms. The maximum Gasteiger partial charge on any atom is 0.0154 e. The summed E-state index contributed by atoms with van der Waals surface area (Å²) in [4.78, 5) is 2.63. The van der Waals surface area contributed by atoms with Gasteiger partial charge in [0.05, 0.1) is 0 Å². The molecular formula is C45H65N. The number of allylic oxidation sites excluding steroid dienone is 7. The van der Waals surface area contributed by atoms with Crippen molar-refractivity contribution in [1.82, 2.24) is 4.90 Å². The van der Waals surface area contributed by atoms with Crippen molar-refractivity contribution in [2.75, 3.05) is 19.6 Å². The zero-order valence-electron chi connectivity index (χ0n) is 30.2. The van der Waals surface area contributed by atoms with E-state index in [4.69, 9.17) is 6.58 Å². The van der Waals surface area contributed by atoms with Crippen LogP contribution in [0.25, 0.3) is 0 Å². The van der Waals surface area contributed by atoms with Gasteiger partial charge in [0.15, 0.2) is 0 Å². The minimum atomic E-state index is 0.0462. The lowest BCUT2D eigenvalue weighted by atomic mass is 9.62. The Balaban J connectivity index is 2.34. The Morgan fingerprint density at radius 3 is 2.09 bits per heavy atom. The summed E-state index contributed by atoms with van der Waals surface area (Å²) < 4.78 is 0. The Kier molecular flexibility index (Phi) is 17.7. The first kappa shape index (κ1) is 39.0. The minimum Gasteiger partial charge on any atom is -0.304 e. The molecule has 3 unspecified atom stereocenters. The van der Waals surface area contributed by atoms with Gasteiger partial charge in [-0.1, -0.05) is 170 Å². The Bertz CT molecular complexity index is 1260. The molecule has 0 saturated heterocycles. The van der Waals surface area contributed by atoms with E-state index in [1.165, 1.54) is 73.0 Å². The largest absolute Gasteiger partial charge is 0.304 e. The highest BCUT2D eigenvalue weighted by Crippen LogP contribution is 2.49. The van der Waals surface area contributed by atoms with Gasteiger partial charge in [0.1, 0.15) is 0 Å². The zero-order chi connectivity index (χ0) is 34.0. The monoisotopic (exact) mass is 620 g/mol. The molecule has 250 valence electrons. The number of rotatable bonds is 24. The summed E-state index contributed by atoms with van der Waals surface area (Å²) in [6, 6.07) is 19.8. The van der Waals surface area contributed by atoms with E-state index in [-0.39, 0.29) is 23.2 Å². The van der Waals surface area contributed by atoms with E-state index >= 15 is 0 Å². The maximum absolute atomic E-state index is 4.85. The van der Waals surface area contributed by atoms with Crippen molar-refractivity contribution in [3.05, 3.63) is 145 Å². The summed E-state index contributed by atoms with van der Waals surface area (Å²) in [5.41, 5.74) is 7.61. The van der Waals surface area contributed by atoms with Gasteiger partial charge in [0.25, 0.3) is 0 Å². The molecule has 0 saturated carbocycles. The topological polar surface area (TPSA) is 3.24 Å². The van der Waals surface area contributed by atoms with Gasteiger partial charge in [-0.05, 0) is 98.7 Å². The van der Waals surface area contributed by atoms with Crippen LogP contribution >= 0.6 is 0 Å². The quantitative estimate of drug-likeness (QED) is 0.0642. The van der Waals surface area contributed by atoms with Crippen molar-refractivity contribution in [2.45, 2.75) is 104 Å². The first-order valence-electron chi connectivity index (χ1n) is 17.9. The van der Waals surface area contributed by atoms with E-state index in [0.717, 1.165) is 37.8 Å². The fourth-order valence-corrected chi connectivity index (χ4v) is 7.30. The van der Waals surface area contributed by atoms with Crippen molar-refractivity contribution in [3.8, 4) is 0 Å². The third-order valence-corrected chi connectivity index (χ3v) is 9.89. The van der Waals surface area contributed by atoms with Crippen molar-refractivity contribution < 1.29 is 0 Å². The van der Waals surface area contributed by atoms with Gasteiger partial charge < -0.3 is 4.90 Å². The average Bonchev–Trinajstić information content (AvgIpc) is 3.05. The van der Waals surface area contributed by atoms with Crippen molar-refractivity contribution in [2.24, 2.45) is 11.3 Å².